The van der Waals surface area contributed by atoms with E-state index in [4.69, 9.17) is 4.99 Å². The van der Waals surface area contributed by atoms with Crippen molar-refractivity contribution in [3.63, 3.8) is 0 Å². The van der Waals surface area contributed by atoms with Gasteiger partial charge in [0.15, 0.2) is 0 Å². The number of aliphatic imine (C=N–C) groups is 1. The predicted molar refractivity (Wildman–Crippen MR) is 119 cm³/mol. The van der Waals surface area contributed by atoms with Crippen molar-refractivity contribution in [2.24, 2.45) is 16.8 Å². The molecular formula is C26H32N2. The van der Waals surface area contributed by atoms with Crippen molar-refractivity contribution in [1.82, 2.24) is 4.90 Å². The van der Waals surface area contributed by atoms with E-state index in [0.29, 0.717) is 12.0 Å². The minimum absolute atomic E-state index is 0.592. The summed E-state index contributed by atoms with van der Waals surface area (Å²) in [4.78, 5) is 7.72. The van der Waals surface area contributed by atoms with E-state index in [0.717, 1.165) is 25.4 Å². The summed E-state index contributed by atoms with van der Waals surface area (Å²) in [5.74, 6) is 2.67. The van der Waals surface area contributed by atoms with Crippen molar-refractivity contribution in [2.45, 2.75) is 57.4 Å². The fourth-order valence-electron chi connectivity index (χ4n) is 5.73. The zero-order valence-corrected chi connectivity index (χ0v) is 16.9. The van der Waals surface area contributed by atoms with E-state index in [9.17, 15) is 0 Å². The highest BCUT2D eigenvalue weighted by atomic mass is 15.3. The highest BCUT2D eigenvalue weighted by Crippen LogP contribution is 2.36. The maximum absolute atomic E-state index is 5.02. The molecule has 28 heavy (non-hydrogen) atoms. The number of hydrogen-bond acceptors (Lipinski definition) is 2. The molecule has 0 N–H and O–H groups in total. The third-order valence-corrected chi connectivity index (χ3v) is 7.06. The monoisotopic (exact) mass is 372 g/mol. The van der Waals surface area contributed by atoms with Crippen LogP contribution in [0.25, 0.3) is 12.2 Å². The van der Waals surface area contributed by atoms with Gasteiger partial charge in [-0.3, -0.25) is 4.99 Å². The van der Waals surface area contributed by atoms with E-state index >= 15 is 0 Å². The molecule has 1 aromatic rings. The number of amidine groups is 1. The first kappa shape index (κ1) is 18.0. The number of allylic oxidation sites excluding steroid dienone is 3. The summed E-state index contributed by atoms with van der Waals surface area (Å²) in [7, 11) is 0. The molecule has 1 aromatic carbocycles. The van der Waals surface area contributed by atoms with Gasteiger partial charge in [0.25, 0.3) is 0 Å². The molecule has 0 amide bonds. The lowest BCUT2D eigenvalue weighted by molar-refractivity contribution is 0.153. The standard InChI is InChI=1S/C26H32N2/c1-3-10-21(11-4-1)25(22-12-5-2-6-13-22)28-18-17-27-26(28)24-16-15-20-9-7-8-14-23(20)19-24/h1,3-4,9-10,14-16,19,21-22,25H,2,5-8,11-13,17-18H2. The third kappa shape index (κ3) is 3.50. The average molecular weight is 373 g/mol. The van der Waals surface area contributed by atoms with Gasteiger partial charge in [-0.1, -0.05) is 67.9 Å². The molecule has 1 aliphatic heterocycles. The van der Waals surface area contributed by atoms with Crippen molar-refractivity contribution >= 4 is 18.0 Å². The zero-order chi connectivity index (χ0) is 18.8. The Morgan fingerprint density at radius 2 is 1.82 bits per heavy atom. The maximum atomic E-state index is 5.02. The zero-order valence-electron chi connectivity index (χ0n) is 16.9. The SMILES string of the molecule is C1=CCC(C(C2CCCCC2)N2CCN=C2c2ccc3c(c2)=CCCC=3)C=C1. The van der Waals surface area contributed by atoms with E-state index in [1.165, 1.54) is 66.8 Å². The van der Waals surface area contributed by atoms with Crippen LogP contribution in [0.3, 0.4) is 0 Å². The lowest BCUT2D eigenvalue weighted by Gasteiger charge is -2.42. The van der Waals surface area contributed by atoms with E-state index in [1.54, 1.807) is 0 Å². The van der Waals surface area contributed by atoms with Crippen molar-refractivity contribution in [2.75, 3.05) is 13.1 Å². The van der Waals surface area contributed by atoms with Crippen LogP contribution in [0, 0.1) is 11.8 Å². The van der Waals surface area contributed by atoms with Crippen LogP contribution in [0.15, 0.2) is 47.5 Å². The Morgan fingerprint density at radius 3 is 2.64 bits per heavy atom. The van der Waals surface area contributed by atoms with Gasteiger partial charge in [0.05, 0.1) is 6.54 Å². The Morgan fingerprint density at radius 1 is 0.964 bits per heavy atom. The highest BCUT2D eigenvalue weighted by Gasteiger charge is 2.37. The Labute approximate surface area is 169 Å². The number of fused-ring (bicyclic) bond motifs is 1. The van der Waals surface area contributed by atoms with E-state index in [2.05, 4.69) is 59.6 Å². The lowest BCUT2D eigenvalue weighted by atomic mass is 9.76. The molecule has 1 heterocycles. The molecule has 2 heteroatoms. The largest absolute Gasteiger partial charge is 0.351 e. The van der Waals surface area contributed by atoms with Gasteiger partial charge in [-0.05, 0) is 54.5 Å². The summed E-state index contributed by atoms with van der Waals surface area (Å²) < 4.78 is 0. The molecule has 2 atom stereocenters. The molecule has 3 aliphatic carbocycles. The first-order valence-corrected chi connectivity index (χ1v) is 11.4. The summed E-state index contributed by atoms with van der Waals surface area (Å²) in [6, 6.07) is 7.59. The van der Waals surface area contributed by atoms with Crippen molar-refractivity contribution in [3.05, 3.63) is 58.5 Å². The second kappa shape index (κ2) is 8.11. The molecule has 1 saturated carbocycles. The van der Waals surface area contributed by atoms with Crippen LogP contribution < -0.4 is 10.4 Å². The third-order valence-electron chi connectivity index (χ3n) is 7.06. The maximum Gasteiger partial charge on any atom is 0.131 e. The number of rotatable bonds is 4. The normalized spacial score (nSPS) is 25.6. The van der Waals surface area contributed by atoms with E-state index in [1.807, 2.05) is 0 Å². The van der Waals surface area contributed by atoms with Gasteiger partial charge in [-0.15, -0.1) is 0 Å². The molecule has 5 rings (SSSR count). The average Bonchev–Trinajstić information content (AvgIpc) is 3.24. The quantitative estimate of drug-likeness (QED) is 0.774. The van der Waals surface area contributed by atoms with Crippen LogP contribution in [0.1, 0.15) is 56.9 Å². The molecule has 146 valence electrons. The van der Waals surface area contributed by atoms with Crippen molar-refractivity contribution < 1.29 is 0 Å². The summed E-state index contributed by atoms with van der Waals surface area (Å²) in [5, 5.41) is 2.79. The fourth-order valence-corrected chi connectivity index (χ4v) is 5.73. The second-order valence-electron chi connectivity index (χ2n) is 8.83. The van der Waals surface area contributed by atoms with E-state index in [-0.39, 0.29) is 0 Å². The topological polar surface area (TPSA) is 15.6 Å². The second-order valence-corrected chi connectivity index (χ2v) is 8.83. The molecule has 0 saturated heterocycles. The van der Waals surface area contributed by atoms with Crippen molar-refractivity contribution in [1.29, 1.82) is 0 Å². The van der Waals surface area contributed by atoms with Crippen molar-refractivity contribution in [3.8, 4) is 0 Å². The van der Waals surface area contributed by atoms with Gasteiger partial charge < -0.3 is 4.90 Å². The molecule has 0 aromatic heterocycles. The van der Waals surface area contributed by atoms with Gasteiger partial charge in [0, 0.05) is 24.1 Å². The van der Waals surface area contributed by atoms with Crippen LogP contribution in [-0.2, 0) is 0 Å². The summed E-state index contributed by atoms with van der Waals surface area (Å²) in [6.07, 6.45) is 24.6. The summed E-state index contributed by atoms with van der Waals surface area (Å²) >= 11 is 0. The van der Waals surface area contributed by atoms with Crippen LogP contribution >= 0.6 is 0 Å². The molecular weight excluding hydrogens is 340 g/mol. The number of benzene rings is 1. The predicted octanol–water partition coefficient (Wildman–Crippen LogP) is 4.18. The molecule has 2 nitrogen and oxygen atoms in total. The molecule has 0 radical (unpaired) electrons. The number of hydrogen-bond donors (Lipinski definition) is 0. The minimum atomic E-state index is 0.592. The van der Waals surface area contributed by atoms with Gasteiger partial charge in [-0.25, -0.2) is 0 Å². The van der Waals surface area contributed by atoms with Gasteiger partial charge in [0.1, 0.15) is 5.84 Å². The Bertz CT molecular complexity index is 914. The van der Waals surface area contributed by atoms with E-state index < -0.39 is 0 Å². The molecule has 2 unspecified atom stereocenters. The highest BCUT2D eigenvalue weighted by molar-refractivity contribution is 6.00. The first-order chi connectivity index (χ1) is 13.9. The lowest BCUT2D eigenvalue weighted by Crippen LogP contribution is -2.48. The van der Waals surface area contributed by atoms with Crippen LogP contribution in [0.2, 0.25) is 0 Å². The molecule has 1 fully saturated rings. The van der Waals surface area contributed by atoms with Crippen LogP contribution in [0.4, 0.5) is 0 Å². The first-order valence-electron chi connectivity index (χ1n) is 11.4. The minimum Gasteiger partial charge on any atom is -0.351 e. The van der Waals surface area contributed by atoms with Gasteiger partial charge in [-0.2, -0.15) is 0 Å². The summed E-state index contributed by atoms with van der Waals surface area (Å²) in [6.45, 7) is 2.02. The van der Waals surface area contributed by atoms with Gasteiger partial charge >= 0.3 is 0 Å². The number of nitrogens with zero attached hydrogens (tertiary/aromatic N) is 2. The molecule has 0 bridgehead atoms. The Hall–Kier alpha value is -2.09. The van der Waals surface area contributed by atoms with Gasteiger partial charge in [0.2, 0.25) is 0 Å². The summed E-state index contributed by atoms with van der Waals surface area (Å²) in [5.41, 5.74) is 1.32. The Kier molecular flexibility index (Phi) is 5.20. The fraction of sp³-hybridized carbons (Fsp3) is 0.500. The molecule has 4 aliphatic rings. The van der Waals surface area contributed by atoms with Crippen LogP contribution in [0.5, 0.6) is 0 Å². The molecule has 0 spiro atoms. The van der Waals surface area contributed by atoms with Crippen LogP contribution in [-0.4, -0.2) is 29.9 Å². The smallest absolute Gasteiger partial charge is 0.131 e. The Balaban J connectivity index is 1.49.